The van der Waals surface area contributed by atoms with E-state index >= 15 is 0 Å². The first kappa shape index (κ1) is 16.6. The molecule has 0 saturated heterocycles. The fourth-order valence-corrected chi connectivity index (χ4v) is 2.77. The van der Waals surface area contributed by atoms with E-state index in [0.717, 1.165) is 11.1 Å². The number of hydrogen-bond donors (Lipinski definition) is 0. The lowest BCUT2D eigenvalue weighted by molar-refractivity contribution is 0.614. The van der Waals surface area contributed by atoms with E-state index < -0.39 is 0 Å². The van der Waals surface area contributed by atoms with Gasteiger partial charge in [0.15, 0.2) is 0 Å². The minimum Gasteiger partial charge on any atom is -0.302 e. The topological polar surface area (TPSA) is 34.0 Å². The average molecular weight is 359 g/mol. The lowest BCUT2D eigenvalue weighted by Gasteiger charge is -2.24. The number of hydrogen-bond acceptors (Lipinski definition) is 3. The molecule has 24 heavy (non-hydrogen) atoms. The van der Waals surface area contributed by atoms with Crippen molar-refractivity contribution in [3.63, 3.8) is 0 Å². The minimum absolute atomic E-state index is 0.618. The van der Waals surface area contributed by atoms with Crippen LogP contribution < -0.4 is 5.01 Å². The van der Waals surface area contributed by atoms with Gasteiger partial charge in [0.25, 0.3) is 0 Å². The highest BCUT2D eigenvalue weighted by Gasteiger charge is 2.09. The van der Waals surface area contributed by atoms with Crippen LogP contribution >= 0.6 is 23.2 Å². The predicted molar refractivity (Wildman–Crippen MR) is 98.7 cm³/mol. The molecule has 0 N–H and O–H groups in total. The van der Waals surface area contributed by atoms with Crippen LogP contribution in [0.2, 0.25) is 10.0 Å². The molecule has 6 heteroatoms. The van der Waals surface area contributed by atoms with Crippen LogP contribution in [-0.4, -0.2) is 21.4 Å². The Balaban J connectivity index is 1.76. The molecule has 3 rings (SSSR count). The van der Waals surface area contributed by atoms with Crippen molar-refractivity contribution < 1.29 is 0 Å². The second-order valence-electron chi connectivity index (χ2n) is 5.24. The quantitative estimate of drug-likeness (QED) is 0.653. The molecule has 1 aromatic heterocycles. The van der Waals surface area contributed by atoms with E-state index in [1.54, 1.807) is 18.7 Å². The molecule has 0 amide bonds. The van der Waals surface area contributed by atoms with Crippen molar-refractivity contribution in [1.29, 1.82) is 0 Å². The zero-order valence-corrected chi connectivity index (χ0v) is 14.4. The Morgan fingerprint density at radius 2 is 1.75 bits per heavy atom. The predicted octanol–water partition coefficient (Wildman–Crippen LogP) is 4.44. The molecule has 0 spiro atoms. The lowest BCUT2D eigenvalue weighted by atomic mass is 10.2. The Bertz CT molecular complexity index is 801. The summed E-state index contributed by atoms with van der Waals surface area (Å²) in [7, 11) is 0. The highest BCUT2D eigenvalue weighted by Crippen LogP contribution is 2.22. The summed E-state index contributed by atoms with van der Waals surface area (Å²) in [6.45, 7) is 1.30. The number of aromatic nitrogens is 3. The normalized spacial score (nSPS) is 11.1. The largest absolute Gasteiger partial charge is 0.302 e. The van der Waals surface area contributed by atoms with E-state index in [-0.39, 0.29) is 0 Å². The summed E-state index contributed by atoms with van der Waals surface area (Å²) in [4.78, 5) is 0. The van der Waals surface area contributed by atoms with Crippen LogP contribution in [0.15, 0.2) is 67.3 Å². The van der Waals surface area contributed by atoms with Gasteiger partial charge in [-0.1, -0.05) is 71.8 Å². The van der Waals surface area contributed by atoms with E-state index in [1.807, 2.05) is 35.0 Å². The van der Waals surface area contributed by atoms with E-state index in [9.17, 15) is 0 Å². The Morgan fingerprint density at radius 1 is 1.00 bits per heavy atom. The van der Waals surface area contributed by atoms with Gasteiger partial charge >= 0.3 is 0 Å². The highest BCUT2D eigenvalue weighted by atomic mass is 35.5. The van der Waals surface area contributed by atoms with Crippen LogP contribution in [0.4, 0.5) is 0 Å². The monoisotopic (exact) mass is 358 g/mol. The molecule has 0 unspecified atom stereocenters. The van der Waals surface area contributed by atoms with Crippen molar-refractivity contribution in [2.24, 2.45) is 0 Å². The molecule has 0 atom stereocenters. The summed E-state index contributed by atoms with van der Waals surface area (Å²) in [6.07, 6.45) is 7.51. The van der Waals surface area contributed by atoms with Crippen molar-refractivity contribution in [2.75, 3.05) is 11.6 Å². The second kappa shape index (κ2) is 7.99. The molecular weight excluding hydrogens is 343 g/mol. The van der Waals surface area contributed by atoms with Gasteiger partial charge in [0.05, 0.1) is 13.1 Å². The van der Waals surface area contributed by atoms with Crippen molar-refractivity contribution >= 4 is 29.3 Å². The Morgan fingerprint density at radius 3 is 2.46 bits per heavy atom. The molecule has 0 aliphatic rings. The fraction of sp³-hybridized carbons (Fsp3) is 0.111. The van der Waals surface area contributed by atoms with Gasteiger partial charge in [0, 0.05) is 10.0 Å². The smallest absolute Gasteiger partial charge is 0.139 e. The van der Waals surface area contributed by atoms with Crippen LogP contribution in [0.1, 0.15) is 11.1 Å². The summed E-state index contributed by atoms with van der Waals surface area (Å²) in [5, 5.41) is 11.1. The van der Waals surface area contributed by atoms with Gasteiger partial charge in [-0.3, -0.25) is 0 Å². The van der Waals surface area contributed by atoms with Crippen LogP contribution in [0.3, 0.4) is 0 Å². The Labute approximate surface area is 150 Å². The number of halogens is 2. The Hall–Kier alpha value is -2.30. The van der Waals surface area contributed by atoms with Gasteiger partial charge < -0.3 is 5.01 Å². The molecule has 122 valence electrons. The summed E-state index contributed by atoms with van der Waals surface area (Å²) < 4.78 is 1.85. The maximum Gasteiger partial charge on any atom is 0.139 e. The molecule has 0 aliphatic heterocycles. The molecule has 0 fully saturated rings. The molecule has 0 saturated carbocycles. The average Bonchev–Trinajstić information content (AvgIpc) is 3.11. The third kappa shape index (κ3) is 4.37. The van der Waals surface area contributed by atoms with E-state index in [0.29, 0.717) is 23.1 Å². The SMILES string of the molecule is Clc1ccc(CN(C/C=C/c2ccccc2)n2cnnc2)c(Cl)c1. The van der Waals surface area contributed by atoms with Crippen LogP contribution in [-0.2, 0) is 6.54 Å². The number of nitrogens with zero attached hydrogens (tertiary/aromatic N) is 4. The minimum atomic E-state index is 0.618. The fourth-order valence-electron chi connectivity index (χ4n) is 2.30. The number of rotatable bonds is 6. The first-order valence-electron chi connectivity index (χ1n) is 7.48. The molecule has 1 heterocycles. The molecule has 2 aromatic carbocycles. The van der Waals surface area contributed by atoms with Gasteiger partial charge in [-0.15, -0.1) is 10.2 Å². The van der Waals surface area contributed by atoms with E-state index in [1.165, 1.54) is 0 Å². The van der Waals surface area contributed by atoms with Gasteiger partial charge in [-0.25, -0.2) is 4.68 Å². The standard InChI is InChI=1S/C18H16Cl2N4/c19-17-9-8-16(18(20)11-17)12-23(24-13-21-22-14-24)10-4-7-15-5-2-1-3-6-15/h1-9,11,13-14H,10,12H2/b7-4+. The molecule has 3 aromatic rings. The maximum absolute atomic E-state index is 6.30. The zero-order valence-electron chi connectivity index (χ0n) is 12.9. The van der Waals surface area contributed by atoms with Crippen LogP contribution in [0.5, 0.6) is 0 Å². The van der Waals surface area contributed by atoms with E-state index in [4.69, 9.17) is 23.2 Å². The molecule has 0 aliphatic carbocycles. The van der Waals surface area contributed by atoms with Crippen molar-refractivity contribution in [3.05, 3.63) is 88.4 Å². The molecule has 4 nitrogen and oxygen atoms in total. The van der Waals surface area contributed by atoms with Crippen LogP contribution in [0, 0.1) is 0 Å². The van der Waals surface area contributed by atoms with Crippen LogP contribution in [0.25, 0.3) is 6.08 Å². The maximum atomic E-state index is 6.30. The summed E-state index contributed by atoms with van der Waals surface area (Å²) in [5.41, 5.74) is 2.15. The van der Waals surface area contributed by atoms with Gasteiger partial charge in [-0.05, 0) is 23.3 Å². The van der Waals surface area contributed by atoms with Crippen molar-refractivity contribution in [2.45, 2.75) is 6.54 Å². The Kier molecular flexibility index (Phi) is 5.51. The molecular formula is C18H16Cl2N4. The third-order valence-corrected chi connectivity index (χ3v) is 4.11. The van der Waals surface area contributed by atoms with Crippen molar-refractivity contribution in [1.82, 2.24) is 14.9 Å². The van der Waals surface area contributed by atoms with Crippen molar-refractivity contribution in [3.8, 4) is 0 Å². The molecule has 0 bridgehead atoms. The third-order valence-electron chi connectivity index (χ3n) is 3.53. The van der Waals surface area contributed by atoms with Gasteiger partial charge in [-0.2, -0.15) is 0 Å². The van der Waals surface area contributed by atoms with Gasteiger partial charge in [0.1, 0.15) is 12.7 Å². The zero-order chi connectivity index (χ0) is 16.8. The lowest BCUT2D eigenvalue weighted by Crippen LogP contribution is -2.33. The van der Waals surface area contributed by atoms with Gasteiger partial charge in [0.2, 0.25) is 0 Å². The second-order valence-corrected chi connectivity index (χ2v) is 6.08. The summed E-state index contributed by atoms with van der Waals surface area (Å²) in [6, 6.07) is 15.7. The molecule has 0 radical (unpaired) electrons. The van der Waals surface area contributed by atoms with E-state index in [2.05, 4.69) is 39.5 Å². The summed E-state index contributed by atoms with van der Waals surface area (Å²) in [5.74, 6) is 0. The summed E-state index contributed by atoms with van der Waals surface area (Å²) >= 11 is 12.3. The first-order valence-corrected chi connectivity index (χ1v) is 8.23. The first-order chi connectivity index (χ1) is 11.7. The number of benzene rings is 2. The highest BCUT2D eigenvalue weighted by molar-refractivity contribution is 6.35.